The largest absolute Gasteiger partial charge is 0.337 e. The fourth-order valence-electron chi connectivity index (χ4n) is 2.67. The Bertz CT molecular complexity index is 693. The predicted molar refractivity (Wildman–Crippen MR) is 86.4 cm³/mol. The van der Waals surface area contributed by atoms with Crippen molar-refractivity contribution in [3.05, 3.63) is 47.3 Å². The second kappa shape index (κ2) is 6.13. The number of aromatic nitrogens is 2. The molecule has 0 atom stereocenters. The summed E-state index contributed by atoms with van der Waals surface area (Å²) >= 11 is 0. The van der Waals surface area contributed by atoms with Crippen molar-refractivity contribution in [2.45, 2.75) is 26.7 Å². The number of amides is 1. The van der Waals surface area contributed by atoms with Gasteiger partial charge >= 0.3 is 0 Å². The Morgan fingerprint density at radius 1 is 1.14 bits per heavy atom. The van der Waals surface area contributed by atoms with Crippen LogP contribution in [0.3, 0.4) is 0 Å². The third-order valence-electron chi connectivity index (χ3n) is 3.74. The molecule has 1 fully saturated rings. The van der Waals surface area contributed by atoms with Crippen LogP contribution in [0.25, 0.3) is 0 Å². The first-order valence-corrected chi connectivity index (χ1v) is 7.60. The highest BCUT2D eigenvalue weighted by atomic mass is 16.2. The molecule has 1 amide bonds. The van der Waals surface area contributed by atoms with Crippen molar-refractivity contribution >= 4 is 17.5 Å². The average molecular weight is 296 g/mol. The molecule has 1 aromatic carbocycles. The van der Waals surface area contributed by atoms with Gasteiger partial charge in [-0.05, 0) is 50.5 Å². The van der Waals surface area contributed by atoms with Gasteiger partial charge in [-0.2, -0.15) is 0 Å². The zero-order chi connectivity index (χ0) is 15.5. The third-order valence-corrected chi connectivity index (χ3v) is 3.74. The molecule has 0 unspecified atom stereocenters. The number of hydrogen-bond donors (Lipinski definition) is 1. The Balaban J connectivity index is 1.84. The summed E-state index contributed by atoms with van der Waals surface area (Å²) in [7, 11) is 0. The maximum absolute atomic E-state index is 12.5. The number of rotatable bonds is 3. The van der Waals surface area contributed by atoms with Crippen molar-refractivity contribution in [1.82, 2.24) is 14.9 Å². The molecule has 1 saturated heterocycles. The molecular weight excluding hydrogens is 276 g/mol. The molecule has 1 aliphatic rings. The van der Waals surface area contributed by atoms with Crippen LogP contribution in [0.1, 0.15) is 34.6 Å². The van der Waals surface area contributed by atoms with Gasteiger partial charge in [0.25, 0.3) is 5.91 Å². The highest BCUT2D eigenvalue weighted by Crippen LogP contribution is 2.17. The van der Waals surface area contributed by atoms with Crippen LogP contribution in [-0.4, -0.2) is 33.9 Å². The molecule has 3 rings (SSSR count). The molecule has 1 N–H and O–H groups in total. The third kappa shape index (κ3) is 3.24. The molecule has 0 radical (unpaired) electrons. The lowest BCUT2D eigenvalue weighted by Crippen LogP contribution is -2.28. The van der Waals surface area contributed by atoms with Crippen molar-refractivity contribution in [2.75, 3.05) is 18.4 Å². The van der Waals surface area contributed by atoms with E-state index >= 15 is 0 Å². The van der Waals surface area contributed by atoms with Crippen molar-refractivity contribution in [2.24, 2.45) is 0 Å². The van der Waals surface area contributed by atoms with Crippen LogP contribution in [0.5, 0.6) is 0 Å². The van der Waals surface area contributed by atoms with Gasteiger partial charge in [0.1, 0.15) is 5.69 Å². The van der Waals surface area contributed by atoms with Crippen molar-refractivity contribution in [1.29, 1.82) is 0 Å². The minimum atomic E-state index is -0.00436. The molecule has 5 nitrogen and oxygen atoms in total. The number of benzene rings is 1. The summed E-state index contributed by atoms with van der Waals surface area (Å²) in [6, 6.07) is 9.74. The van der Waals surface area contributed by atoms with Crippen LogP contribution in [0.2, 0.25) is 0 Å². The highest BCUT2D eigenvalue weighted by molar-refractivity contribution is 5.92. The normalized spacial score (nSPS) is 14.2. The van der Waals surface area contributed by atoms with Crippen molar-refractivity contribution < 1.29 is 4.79 Å². The molecule has 0 bridgehead atoms. The number of carbonyl (C=O) groups excluding carboxylic acids is 1. The number of nitrogens with zero attached hydrogens (tertiary/aromatic N) is 3. The number of aryl methyl sites for hydroxylation is 2. The molecule has 114 valence electrons. The van der Waals surface area contributed by atoms with Crippen LogP contribution in [0.15, 0.2) is 30.3 Å². The summed E-state index contributed by atoms with van der Waals surface area (Å²) in [5.74, 6) is 0.462. The van der Waals surface area contributed by atoms with Gasteiger partial charge in [-0.15, -0.1) is 0 Å². The number of hydrogen-bond acceptors (Lipinski definition) is 4. The Morgan fingerprint density at radius 2 is 1.91 bits per heavy atom. The van der Waals surface area contributed by atoms with Gasteiger partial charge in [-0.3, -0.25) is 4.79 Å². The molecule has 0 spiro atoms. The number of carbonyl (C=O) groups is 1. The molecule has 2 heterocycles. The van der Waals surface area contributed by atoms with Gasteiger partial charge in [0.05, 0.1) is 0 Å². The summed E-state index contributed by atoms with van der Waals surface area (Å²) in [6.45, 7) is 5.56. The molecule has 22 heavy (non-hydrogen) atoms. The van der Waals surface area contributed by atoms with Gasteiger partial charge in [0, 0.05) is 24.5 Å². The van der Waals surface area contributed by atoms with Gasteiger partial charge in [-0.25, -0.2) is 9.97 Å². The first-order chi connectivity index (χ1) is 10.6. The van der Waals surface area contributed by atoms with Gasteiger partial charge in [-0.1, -0.05) is 12.1 Å². The fourth-order valence-corrected chi connectivity index (χ4v) is 2.67. The minimum Gasteiger partial charge on any atom is -0.337 e. The molecule has 1 aromatic heterocycles. The fraction of sp³-hybridized carbons (Fsp3) is 0.353. The van der Waals surface area contributed by atoms with E-state index in [0.717, 1.165) is 42.9 Å². The van der Waals surface area contributed by atoms with E-state index in [2.05, 4.69) is 15.3 Å². The van der Waals surface area contributed by atoms with E-state index in [-0.39, 0.29) is 5.91 Å². The Labute approximate surface area is 130 Å². The standard InChI is InChI=1S/C17H20N4O/c1-12-6-5-7-14(10-12)19-17-18-13(2)11-15(20-17)16(22)21-8-3-4-9-21/h5-7,10-11H,3-4,8-9H2,1-2H3,(H,18,19,20). The lowest BCUT2D eigenvalue weighted by Gasteiger charge is -2.15. The summed E-state index contributed by atoms with van der Waals surface area (Å²) in [6.07, 6.45) is 2.15. The summed E-state index contributed by atoms with van der Waals surface area (Å²) in [5.41, 5.74) is 3.33. The lowest BCUT2D eigenvalue weighted by molar-refractivity contribution is 0.0787. The number of anilines is 2. The molecular formula is C17H20N4O. The molecule has 0 aliphatic carbocycles. The van der Waals surface area contributed by atoms with Crippen LogP contribution in [0, 0.1) is 13.8 Å². The first-order valence-electron chi connectivity index (χ1n) is 7.60. The van der Waals surface area contributed by atoms with Gasteiger partial charge in [0.2, 0.25) is 5.95 Å². The smallest absolute Gasteiger partial charge is 0.272 e. The quantitative estimate of drug-likeness (QED) is 0.945. The minimum absolute atomic E-state index is 0.00436. The summed E-state index contributed by atoms with van der Waals surface area (Å²) < 4.78 is 0. The first kappa shape index (κ1) is 14.5. The monoisotopic (exact) mass is 296 g/mol. The lowest BCUT2D eigenvalue weighted by atomic mass is 10.2. The Kier molecular flexibility index (Phi) is 4.04. The van der Waals surface area contributed by atoms with E-state index in [0.29, 0.717) is 11.6 Å². The zero-order valence-corrected chi connectivity index (χ0v) is 13.0. The van der Waals surface area contributed by atoms with Crippen LogP contribution in [-0.2, 0) is 0 Å². The van der Waals surface area contributed by atoms with Crippen LogP contribution >= 0.6 is 0 Å². The van der Waals surface area contributed by atoms with E-state index in [4.69, 9.17) is 0 Å². The average Bonchev–Trinajstić information content (AvgIpc) is 3.00. The molecule has 5 heteroatoms. The number of nitrogens with one attached hydrogen (secondary N) is 1. The topological polar surface area (TPSA) is 58.1 Å². The van der Waals surface area contributed by atoms with E-state index in [1.165, 1.54) is 0 Å². The Morgan fingerprint density at radius 3 is 2.64 bits per heavy atom. The zero-order valence-electron chi connectivity index (χ0n) is 13.0. The van der Waals surface area contributed by atoms with Crippen LogP contribution < -0.4 is 5.32 Å². The highest BCUT2D eigenvalue weighted by Gasteiger charge is 2.21. The molecule has 0 saturated carbocycles. The maximum Gasteiger partial charge on any atom is 0.272 e. The van der Waals surface area contributed by atoms with Gasteiger partial charge in [0.15, 0.2) is 0 Å². The predicted octanol–water partition coefficient (Wildman–Crippen LogP) is 3.07. The van der Waals surface area contributed by atoms with E-state index in [1.807, 2.05) is 43.0 Å². The van der Waals surface area contributed by atoms with E-state index < -0.39 is 0 Å². The van der Waals surface area contributed by atoms with Gasteiger partial charge < -0.3 is 10.2 Å². The SMILES string of the molecule is Cc1cccc(Nc2nc(C)cc(C(=O)N3CCCC3)n2)c1. The second-order valence-electron chi connectivity index (χ2n) is 5.71. The second-order valence-corrected chi connectivity index (χ2v) is 5.71. The Hall–Kier alpha value is -2.43. The molecule has 2 aromatic rings. The van der Waals surface area contributed by atoms with E-state index in [1.54, 1.807) is 6.07 Å². The summed E-state index contributed by atoms with van der Waals surface area (Å²) in [5, 5.41) is 3.18. The van der Waals surface area contributed by atoms with E-state index in [9.17, 15) is 4.79 Å². The van der Waals surface area contributed by atoms with Crippen molar-refractivity contribution in [3.8, 4) is 0 Å². The number of likely N-dealkylation sites (tertiary alicyclic amines) is 1. The molecule has 1 aliphatic heterocycles. The van der Waals surface area contributed by atoms with Crippen molar-refractivity contribution in [3.63, 3.8) is 0 Å². The van der Waals surface area contributed by atoms with Crippen LogP contribution in [0.4, 0.5) is 11.6 Å². The maximum atomic E-state index is 12.5. The summed E-state index contributed by atoms with van der Waals surface area (Å²) in [4.78, 5) is 23.1.